The predicted molar refractivity (Wildman–Crippen MR) is 108 cm³/mol. The maximum absolute atomic E-state index is 13.4. The molecule has 0 spiro atoms. The number of para-hydroxylation sites is 1. The van der Waals surface area contributed by atoms with Crippen LogP contribution in [0.2, 0.25) is 0 Å². The van der Waals surface area contributed by atoms with Gasteiger partial charge in [0.15, 0.2) is 0 Å². The van der Waals surface area contributed by atoms with Crippen LogP contribution in [0.15, 0.2) is 48.5 Å². The van der Waals surface area contributed by atoms with Crippen molar-refractivity contribution in [1.82, 2.24) is 4.90 Å². The van der Waals surface area contributed by atoms with Gasteiger partial charge in [0.25, 0.3) is 0 Å². The molecule has 164 valence electrons. The van der Waals surface area contributed by atoms with Gasteiger partial charge in [0.2, 0.25) is 0 Å². The molecular formula is C22H22F3N3O3. The van der Waals surface area contributed by atoms with Gasteiger partial charge in [-0.05, 0) is 48.4 Å². The van der Waals surface area contributed by atoms with Crippen LogP contribution < -0.4 is 11.1 Å². The lowest BCUT2D eigenvalue weighted by molar-refractivity contribution is -0.138. The van der Waals surface area contributed by atoms with Crippen molar-refractivity contribution < 1.29 is 27.9 Å². The van der Waals surface area contributed by atoms with Crippen LogP contribution in [0.4, 0.5) is 23.7 Å². The van der Waals surface area contributed by atoms with Gasteiger partial charge in [-0.1, -0.05) is 30.3 Å². The highest BCUT2D eigenvalue weighted by molar-refractivity contribution is 6.00. The number of nitrogens with one attached hydrogen (secondary N) is 1. The molecule has 6 nitrogen and oxygen atoms in total. The predicted octanol–water partition coefficient (Wildman–Crippen LogP) is 4.14. The van der Waals surface area contributed by atoms with Crippen LogP contribution in [0.25, 0.3) is 0 Å². The number of carbonyl (C=O) groups excluding carboxylic acids is 1. The van der Waals surface area contributed by atoms with Crippen LogP contribution in [0.1, 0.15) is 40.2 Å². The first-order valence-corrected chi connectivity index (χ1v) is 9.92. The minimum Gasteiger partial charge on any atom is -0.478 e. The summed E-state index contributed by atoms with van der Waals surface area (Å²) in [6.45, 7) is 0.506. The molecule has 2 fully saturated rings. The number of hydrogen-bond acceptors (Lipinski definition) is 3. The van der Waals surface area contributed by atoms with E-state index in [2.05, 4.69) is 5.32 Å². The molecule has 1 aliphatic carbocycles. The Morgan fingerprint density at radius 2 is 1.81 bits per heavy atom. The van der Waals surface area contributed by atoms with Crippen molar-refractivity contribution in [3.8, 4) is 0 Å². The van der Waals surface area contributed by atoms with E-state index in [9.17, 15) is 27.9 Å². The first kappa shape index (κ1) is 21.2. The highest BCUT2D eigenvalue weighted by atomic mass is 19.4. The number of aromatic carboxylic acids is 1. The summed E-state index contributed by atoms with van der Waals surface area (Å²) in [5.41, 5.74) is 5.54. The fourth-order valence-electron chi connectivity index (χ4n) is 4.90. The van der Waals surface area contributed by atoms with Gasteiger partial charge in [-0.15, -0.1) is 0 Å². The summed E-state index contributed by atoms with van der Waals surface area (Å²) >= 11 is 0. The van der Waals surface area contributed by atoms with Crippen molar-refractivity contribution in [1.29, 1.82) is 0 Å². The van der Waals surface area contributed by atoms with Crippen molar-refractivity contribution in [3.63, 3.8) is 0 Å². The molecule has 0 radical (unpaired) electrons. The number of carbonyl (C=O) groups is 2. The van der Waals surface area contributed by atoms with Crippen LogP contribution in [0.3, 0.4) is 0 Å². The summed E-state index contributed by atoms with van der Waals surface area (Å²) in [6, 6.07) is 11.2. The normalized spacial score (nSPS) is 25.4. The number of amides is 2. The first-order chi connectivity index (χ1) is 14.6. The van der Waals surface area contributed by atoms with E-state index in [1.54, 1.807) is 18.2 Å². The second kappa shape index (κ2) is 7.56. The third kappa shape index (κ3) is 3.97. The second-order valence-corrected chi connectivity index (χ2v) is 8.31. The van der Waals surface area contributed by atoms with Gasteiger partial charge in [-0.25, -0.2) is 9.59 Å². The van der Waals surface area contributed by atoms with E-state index in [1.165, 1.54) is 29.2 Å². The molecule has 2 aliphatic rings. The number of hydrogen-bond donors (Lipinski definition) is 3. The number of urea groups is 1. The SMILES string of the molecule is NC12CC(c3ccccc3C(F)(F)F)CC1CN(C(=O)Nc1ccccc1C(=O)O)C2. The Labute approximate surface area is 176 Å². The van der Waals surface area contributed by atoms with Crippen LogP contribution in [-0.2, 0) is 6.18 Å². The lowest BCUT2D eigenvalue weighted by Gasteiger charge is -2.25. The van der Waals surface area contributed by atoms with E-state index in [0.29, 0.717) is 19.4 Å². The molecule has 4 rings (SSSR count). The molecule has 1 heterocycles. The Morgan fingerprint density at radius 3 is 2.48 bits per heavy atom. The molecule has 2 aromatic rings. The van der Waals surface area contributed by atoms with E-state index < -0.39 is 29.3 Å². The quantitative estimate of drug-likeness (QED) is 0.678. The van der Waals surface area contributed by atoms with Crippen LogP contribution in [0.5, 0.6) is 0 Å². The molecule has 1 saturated carbocycles. The summed E-state index contributed by atoms with van der Waals surface area (Å²) in [6.07, 6.45) is -3.63. The Kier molecular flexibility index (Phi) is 5.17. The molecule has 1 saturated heterocycles. The van der Waals surface area contributed by atoms with Crippen LogP contribution in [0, 0.1) is 5.92 Å². The molecule has 0 bridgehead atoms. The molecule has 4 N–H and O–H groups in total. The molecule has 3 atom stereocenters. The number of benzene rings is 2. The fraction of sp³-hybridized carbons (Fsp3) is 0.364. The third-order valence-electron chi connectivity index (χ3n) is 6.33. The lowest BCUT2D eigenvalue weighted by Crippen LogP contribution is -2.45. The number of likely N-dealkylation sites (tertiary alicyclic amines) is 1. The second-order valence-electron chi connectivity index (χ2n) is 8.31. The van der Waals surface area contributed by atoms with Crippen molar-refractivity contribution in [2.24, 2.45) is 11.7 Å². The fourth-order valence-corrected chi connectivity index (χ4v) is 4.90. The average Bonchev–Trinajstić information content (AvgIpc) is 3.19. The van der Waals surface area contributed by atoms with E-state index in [4.69, 9.17) is 5.73 Å². The monoisotopic (exact) mass is 433 g/mol. The number of fused-ring (bicyclic) bond motifs is 1. The maximum Gasteiger partial charge on any atom is 0.416 e. The minimum absolute atomic E-state index is 0.0264. The van der Waals surface area contributed by atoms with E-state index in [-0.39, 0.29) is 35.2 Å². The van der Waals surface area contributed by atoms with Crippen molar-refractivity contribution >= 4 is 17.7 Å². The third-order valence-corrected chi connectivity index (χ3v) is 6.33. The van der Waals surface area contributed by atoms with Crippen molar-refractivity contribution in [3.05, 3.63) is 65.2 Å². The summed E-state index contributed by atoms with van der Waals surface area (Å²) in [5.74, 6) is -1.62. The van der Waals surface area contributed by atoms with Gasteiger partial charge in [0.05, 0.1) is 16.8 Å². The van der Waals surface area contributed by atoms with Crippen LogP contribution in [-0.4, -0.2) is 40.6 Å². The zero-order valence-corrected chi connectivity index (χ0v) is 16.5. The smallest absolute Gasteiger partial charge is 0.416 e. The molecule has 3 unspecified atom stereocenters. The summed E-state index contributed by atoms with van der Waals surface area (Å²) in [7, 11) is 0. The Morgan fingerprint density at radius 1 is 1.13 bits per heavy atom. The number of halogens is 3. The highest BCUT2D eigenvalue weighted by Gasteiger charge is 2.52. The number of rotatable bonds is 3. The van der Waals surface area contributed by atoms with Crippen molar-refractivity contribution in [2.75, 3.05) is 18.4 Å². The van der Waals surface area contributed by atoms with Gasteiger partial charge in [-0.2, -0.15) is 13.2 Å². The Hall–Kier alpha value is -3.07. The number of nitrogens with zero attached hydrogens (tertiary/aromatic N) is 1. The molecule has 9 heteroatoms. The Bertz CT molecular complexity index is 1030. The largest absolute Gasteiger partial charge is 0.478 e. The highest BCUT2D eigenvalue weighted by Crippen LogP contribution is 2.50. The van der Waals surface area contributed by atoms with E-state index in [0.717, 1.165) is 6.07 Å². The molecule has 2 aromatic carbocycles. The Balaban J connectivity index is 1.47. The number of nitrogens with two attached hydrogens (primary N) is 1. The number of anilines is 1. The maximum atomic E-state index is 13.4. The van der Waals surface area contributed by atoms with E-state index >= 15 is 0 Å². The molecule has 2 amide bonds. The average molecular weight is 433 g/mol. The van der Waals surface area contributed by atoms with Gasteiger partial charge in [0.1, 0.15) is 0 Å². The zero-order chi connectivity index (χ0) is 22.4. The standard InChI is InChI=1S/C22H22F3N3O3/c23-22(24,25)17-7-3-1-5-15(17)13-9-14-11-28(12-21(14,26)10-13)20(31)27-18-8-4-2-6-16(18)19(29)30/h1-8,13-14H,9-12,26H2,(H,27,31)(H,29,30). The summed E-state index contributed by atoms with van der Waals surface area (Å²) in [5, 5.41) is 11.9. The van der Waals surface area contributed by atoms with Gasteiger partial charge < -0.3 is 21.1 Å². The van der Waals surface area contributed by atoms with Gasteiger partial charge in [-0.3, -0.25) is 0 Å². The van der Waals surface area contributed by atoms with E-state index in [1.807, 2.05) is 0 Å². The molecule has 0 aromatic heterocycles. The summed E-state index contributed by atoms with van der Waals surface area (Å²) < 4.78 is 40.3. The van der Waals surface area contributed by atoms with Crippen LogP contribution >= 0.6 is 0 Å². The zero-order valence-electron chi connectivity index (χ0n) is 16.5. The first-order valence-electron chi connectivity index (χ1n) is 9.92. The number of carboxylic acids is 1. The number of alkyl halides is 3. The molecular weight excluding hydrogens is 411 g/mol. The molecule has 1 aliphatic heterocycles. The number of carboxylic acid groups (broad SMARTS) is 1. The van der Waals surface area contributed by atoms with Crippen molar-refractivity contribution in [2.45, 2.75) is 30.5 Å². The van der Waals surface area contributed by atoms with Gasteiger partial charge >= 0.3 is 18.2 Å². The molecule has 31 heavy (non-hydrogen) atoms. The van der Waals surface area contributed by atoms with Gasteiger partial charge in [0, 0.05) is 18.6 Å². The minimum atomic E-state index is -4.43. The lowest BCUT2D eigenvalue weighted by atomic mass is 9.90. The topological polar surface area (TPSA) is 95.7 Å². The summed E-state index contributed by atoms with van der Waals surface area (Å²) in [4.78, 5) is 25.6.